The molecule has 10 heteroatoms. The summed E-state index contributed by atoms with van der Waals surface area (Å²) in [4.78, 5) is 11.2. The second-order valence-corrected chi connectivity index (χ2v) is 8.54. The zero-order chi connectivity index (χ0) is 20.0. The topological polar surface area (TPSA) is 104 Å². The van der Waals surface area contributed by atoms with Gasteiger partial charge in [0.2, 0.25) is 10.0 Å². The maximum atomic E-state index is 12.6. The van der Waals surface area contributed by atoms with E-state index in [1.54, 1.807) is 12.3 Å². The third-order valence-corrected chi connectivity index (χ3v) is 6.40. The number of hydrogen-bond donors (Lipinski definition) is 1. The Balaban J connectivity index is 1.62. The van der Waals surface area contributed by atoms with E-state index in [4.69, 9.17) is 9.52 Å². The minimum absolute atomic E-state index is 0.142. The highest BCUT2D eigenvalue weighted by atomic mass is 32.2. The maximum Gasteiger partial charge on any atom is 0.220 e. The lowest BCUT2D eigenvalue weighted by Crippen LogP contribution is -2.53. The Bertz CT molecular complexity index is 890. The van der Waals surface area contributed by atoms with E-state index in [-0.39, 0.29) is 5.75 Å². The largest absolute Gasteiger partial charge is 0.364 e. The Kier molecular flexibility index (Phi) is 6.63. The normalized spacial score (nSPS) is 16.4. The van der Waals surface area contributed by atoms with Crippen molar-refractivity contribution in [3.63, 3.8) is 0 Å². The third-order valence-electron chi connectivity index (χ3n) is 4.58. The summed E-state index contributed by atoms with van der Waals surface area (Å²) in [5.74, 6) is 0.637. The molecule has 0 amide bonds. The van der Waals surface area contributed by atoms with E-state index in [1.165, 1.54) is 10.6 Å². The molecule has 1 aliphatic rings. The highest BCUT2D eigenvalue weighted by Crippen LogP contribution is 2.13. The van der Waals surface area contributed by atoms with E-state index in [9.17, 15) is 8.42 Å². The standard InChI is InChI=1S/C18H26N6O3S/c1-3-19-18(21-13-17-15(2)5-4-7-20-17)23-8-10-24(11-9-23)28(25,26)14-16-6-12-27-22-16/h4-7,12H,3,8-11,13-14H2,1-2H3,(H,19,21). The number of nitrogens with zero attached hydrogens (tertiary/aromatic N) is 5. The number of nitrogens with one attached hydrogen (secondary N) is 1. The predicted molar refractivity (Wildman–Crippen MR) is 106 cm³/mol. The van der Waals surface area contributed by atoms with E-state index in [0.717, 1.165) is 23.8 Å². The summed E-state index contributed by atoms with van der Waals surface area (Å²) < 4.78 is 31.4. The summed E-state index contributed by atoms with van der Waals surface area (Å²) in [6, 6.07) is 5.50. The second-order valence-electron chi connectivity index (χ2n) is 6.57. The van der Waals surface area contributed by atoms with Crippen LogP contribution in [0.25, 0.3) is 0 Å². The van der Waals surface area contributed by atoms with Crippen molar-refractivity contribution >= 4 is 16.0 Å². The van der Waals surface area contributed by atoms with Crippen molar-refractivity contribution in [3.8, 4) is 0 Å². The first kappa shape index (κ1) is 20.3. The van der Waals surface area contributed by atoms with Gasteiger partial charge in [0, 0.05) is 45.0 Å². The average molecular weight is 407 g/mol. The number of piperazine rings is 1. The van der Waals surface area contributed by atoms with Gasteiger partial charge in [-0.25, -0.2) is 13.4 Å². The van der Waals surface area contributed by atoms with Crippen LogP contribution in [0, 0.1) is 6.92 Å². The SMILES string of the molecule is CCNC(=NCc1ncccc1C)N1CCN(S(=O)(=O)Cc2ccon2)CC1. The molecule has 0 unspecified atom stereocenters. The van der Waals surface area contributed by atoms with Crippen molar-refractivity contribution in [1.82, 2.24) is 24.7 Å². The predicted octanol–water partition coefficient (Wildman–Crippen LogP) is 0.991. The lowest BCUT2D eigenvalue weighted by Gasteiger charge is -2.35. The van der Waals surface area contributed by atoms with Gasteiger partial charge in [-0.15, -0.1) is 0 Å². The molecule has 3 rings (SSSR count). The maximum absolute atomic E-state index is 12.6. The molecule has 2 aromatic rings. The van der Waals surface area contributed by atoms with Crippen LogP contribution >= 0.6 is 0 Å². The quantitative estimate of drug-likeness (QED) is 0.563. The molecule has 0 radical (unpaired) electrons. The first-order valence-electron chi connectivity index (χ1n) is 9.30. The van der Waals surface area contributed by atoms with Crippen LogP contribution in [0.15, 0.2) is 40.2 Å². The van der Waals surface area contributed by atoms with Crippen LogP contribution in [0.2, 0.25) is 0 Å². The molecule has 1 fully saturated rings. The molecule has 28 heavy (non-hydrogen) atoms. The molecule has 1 saturated heterocycles. The van der Waals surface area contributed by atoms with Gasteiger partial charge in [-0.2, -0.15) is 4.31 Å². The summed E-state index contributed by atoms with van der Waals surface area (Å²) in [5, 5.41) is 6.99. The molecular weight excluding hydrogens is 380 g/mol. The first-order valence-corrected chi connectivity index (χ1v) is 10.9. The molecule has 0 aromatic carbocycles. The molecule has 3 heterocycles. The van der Waals surface area contributed by atoms with E-state index < -0.39 is 10.0 Å². The monoisotopic (exact) mass is 406 g/mol. The minimum atomic E-state index is -3.41. The Morgan fingerprint density at radius 2 is 2.07 bits per heavy atom. The first-order chi connectivity index (χ1) is 13.5. The van der Waals surface area contributed by atoms with Gasteiger partial charge in [-0.3, -0.25) is 4.98 Å². The van der Waals surface area contributed by atoms with Crippen LogP contribution in [-0.4, -0.2) is 66.4 Å². The van der Waals surface area contributed by atoms with Crippen molar-refractivity contribution in [3.05, 3.63) is 47.6 Å². The Hall–Kier alpha value is -2.46. The van der Waals surface area contributed by atoms with Crippen molar-refractivity contribution in [2.75, 3.05) is 32.7 Å². The van der Waals surface area contributed by atoms with Gasteiger partial charge in [-0.05, 0) is 25.5 Å². The number of aliphatic imine (C=N–C) groups is 1. The molecule has 9 nitrogen and oxygen atoms in total. The molecule has 2 aromatic heterocycles. The van der Waals surface area contributed by atoms with Gasteiger partial charge in [-0.1, -0.05) is 11.2 Å². The van der Waals surface area contributed by atoms with Crippen molar-refractivity contribution in [2.24, 2.45) is 4.99 Å². The molecule has 0 bridgehead atoms. The van der Waals surface area contributed by atoms with E-state index in [1.807, 2.05) is 26.0 Å². The lowest BCUT2D eigenvalue weighted by atomic mass is 10.2. The molecule has 152 valence electrons. The van der Waals surface area contributed by atoms with Crippen LogP contribution in [0.3, 0.4) is 0 Å². The van der Waals surface area contributed by atoms with Gasteiger partial charge in [0.05, 0.1) is 17.9 Å². The van der Waals surface area contributed by atoms with Crippen molar-refractivity contribution < 1.29 is 12.9 Å². The van der Waals surface area contributed by atoms with E-state index in [0.29, 0.717) is 38.4 Å². The minimum Gasteiger partial charge on any atom is -0.364 e. The summed E-state index contributed by atoms with van der Waals surface area (Å²) in [5.41, 5.74) is 2.46. The summed E-state index contributed by atoms with van der Waals surface area (Å²) >= 11 is 0. The average Bonchev–Trinajstić information content (AvgIpc) is 3.19. The van der Waals surface area contributed by atoms with Gasteiger partial charge in [0.1, 0.15) is 12.0 Å². The number of aromatic nitrogens is 2. The molecule has 0 aliphatic carbocycles. The number of guanidine groups is 1. The second kappa shape index (κ2) is 9.16. The van der Waals surface area contributed by atoms with E-state index in [2.05, 4.69) is 20.4 Å². The molecule has 0 saturated carbocycles. The van der Waals surface area contributed by atoms with Crippen LogP contribution in [0.4, 0.5) is 0 Å². The number of sulfonamides is 1. The fourth-order valence-corrected chi connectivity index (χ4v) is 4.45. The highest BCUT2D eigenvalue weighted by Gasteiger charge is 2.29. The number of rotatable bonds is 6. The lowest BCUT2D eigenvalue weighted by molar-refractivity contribution is 0.259. The molecular formula is C18H26N6O3S. The van der Waals surface area contributed by atoms with Gasteiger partial charge in [0.25, 0.3) is 0 Å². The van der Waals surface area contributed by atoms with Crippen molar-refractivity contribution in [1.29, 1.82) is 0 Å². The van der Waals surface area contributed by atoms with Gasteiger partial charge >= 0.3 is 0 Å². The van der Waals surface area contributed by atoms with Crippen LogP contribution < -0.4 is 5.32 Å². The van der Waals surface area contributed by atoms with Gasteiger partial charge < -0.3 is 14.7 Å². The zero-order valence-corrected chi connectivity index (χ0v) is 17.0. The van der Waals surface area contributed by atoms with Crippen molar-refractivity contribution in [2.45, 2.75) is 26.1 Å². The van der Waals surface area contributed by atoms with E-state index >= 15 is 0 Å². The van der Waals surface area contributed by atoms with Crippen LogP contribution in [-0.2, 0) is 22.3 Å². The van der Waals surface area contributed by atoms with Gasteiger partial charge in [0.15, 0.2) is 5.96 Å². The van der Waals surface area contributed by atoms with Crippen LogP contribution in [0.1, 0.15) is 23.9 Å². The molecule has 0 spiro atoms. The number of hydrogen-bond acceptors (Lipinski definition) is 6. The zero-order valence-electron chi connectivity index (χ0n) is 16.2. The summed E-state index contributed by atoms with van der Waals surface area (Å²) in [6.45, 7) is 7.23. The molecule has 1 aliphatic heterocycles. The fourth-order valence-electron chi connectivity index (χ4n) is 3.03. The summed E-state index contributed by atoms with van der Waals surface area (Å²) in [6.07, 6.45) is 3.15. The molecule has 0 atom stereocenters. The summed E-state index contributed by atoms with van der Waals surface area (Å²) in [7, 11) is -3.41. The smallest absolute Gasteiger partial charge is 0.220 e. The fraction of sp³-hybridized carbons (Fsp3) is 0.500. The number of aryl methyl sites for hydroxylation is 1. The highest BCUT2D eigenvalue weighted by molar-refractivity contribution is 7.88. The Morgan fingerprint density at radius 3 is 2.71 bits per heavy atom. The molecule has 1 N–H and O–H groups in total. The number of pyridine rings is 1. The van der Waals surface area contributed by atoms with Crippen LogP contribution in [0.5, 0.6) is 0 Å². The third kappa shape index (κ3) is 5.08. The Morgan fingerprint density at radius 1 is 1.29 bits per heavy atom. The Labute approximate surface area is 165 Å².